The fourth-order valence-electron chi connectivity index (χ4n) is 3.89. The SMILES string of the molecule is CN1[C@H]2CC[C@@H]1[C@@H](C(=O)O)[C@H](c1ccc(Cl)c(Cl)c1)C2. The molecule has 1 aromatic carbocycles. The number of halogens is 2. The maximum Gasteiger partial charge on any atom is 0.308 e. The Kier molecular flexibility index (Phi) is 3.69. The molecule has 2 bridgehead atoms. The first-order valence-corrected chi connectivity index (χ1v) is 7.64. The molecule has 5 heteroatoms. The Bertz CT molecular complexity index is 549. The number of hydrogen-bond acceptors (Lipinski definition) is 2. The molecule has 2 fully saturated rings. The summed E-state index contributed by atoms with van der Waals surface area (Å²) in [5.41, 5.74) is 0.997. The largest absolute Gasteiger partial charge is 0.481 e. The van der Waals surface area contributed by atoms with Gasteiger partial charge < -0.3 is 5.11 Å². The van der Waals surface area contributed by atoms with Crippen LogP contribution in [-0.2, 0) is 4.79 Å². The van der Waals surface area contributed by atoms with E-state index in [1.165, 1.54) is 0 Å². The summed E-state index contributed by atoms with van der Waals surface area (Å²) in [5, 5.41) is 10.7. The highest BCUT2D eigenvalue weighted by Crippen LogP contribution is 2.46. The van der Waals surface area contributed by atoms with E-state index in [9.17, 15) is 9.90 Å². The number of piperidine rings is 1. The molecule has 20 heavy (non-hydrogen) atoms. The highest BCUT2D eigenvalue weighted by atomic mass is 35.5. The molecule has 0 amide bonds. The van der Waals surface area contributed by atoms with Gasteiger partial charge in [0.25, 0.3) is 0 Å². The third-order valence-electron chi connectivity index (χ3n) is 4.93. The number of fused-ring (bicyclic) bond motifs is 2. The number of carboxylic acids is 1. The maximum absolute atomic E-state index is 11.7. The van der Waals surface area contributed by atoms with Gasteiger partial charge in [0.15, 0.2) is 0 Å². The molecule has 0 unspecified atom stereocenters. The van der Waals surface area contributed by atoms with E-state index in [2.05, 4.69) is 4.90 Å². The lowest BCUT2D eigenvalue weighted by Gasteiger charge is -2.41. The first kappa shape index (κ1) is 14.2. The molecule has 3 nitrogen and oxygen atoms in total. The Labute approximate surface area is 128 Å². The lowest BCUT2D eigenvalue weighted by Crippen LogP contribution is -2.48. The Hall–Kier alpha value is -0.770. The standard InChI is InChI=1S/C15H17Cl2NO2/c1-18-9-3-5-13(18)14(15(19)20)10(7-9)8-2-4-11(16)12(17)6-8/h2,4,6,9-10,13-14H,3,5,7H2,1H3,(H,19,20)/t9-,10-,13+,14-/m0/s1. The van der Waals surface area contributed by atoms with Gasteiger partial charge in [-0.05, 0) is 44.0 Å². The van der Waals surface area contributed by atoms with Crippen LogP contribution >= 0.6 is 23.2 Å². The fraction of sp³-hybridized carbons (Fsp3) is 0.533. The number of rotatable bonds is 2. The van der Waals surface area contributed by atoms with Gasteiger partial charge >= 0.3 is 5.97 Å². The van der Waals surface area contributed by atoms with Crippen molar-refractivity contribution in [2.45, 2.75) is 37.3 Å². The number of carbonyl (C=O) groups is 1. The minimum atomic E-state index is -0.710. The van der Waals surface area contributed by atoms with Crippen LogP contribution in [-0.4, -0.2) is 35.1 Å². The summed E-state index contributed by atoms with van der Waals surface area (Å²) in [7, 11) is 2.04. The van der Waals surface area contributed by atoms with Crippen LogP contribution in [0.4, 0.5) is 0 Å². The quantitative estimate of drug-likeness (QED) is 0.906. The smallest absolute Gasteiger partial charge is 0.308 e. The van der Waals surface area contributed by atoms with Crippen molar-refractivity contribution in [2.75, 3.05) is 7.05 Å². The van der Waals surface area contributed by atoms with Crippen molar-refractivity contribution in [2.24, 2.45) is 5.92 Å². The van der Waals surface area contributed by atoms with Gasteiger partial charge in [0.05, 0.1) is 16.0 Å². The zero-order valence-corrected chi connectivity index (χ0v) is 12.7. The van der Waals surface area contributed by atoms with Gasteiger partial charge in [-0.1, -0.05) is 29.3 Å². The number of hydrogen-bond donors (Lipinski definition) is 1. The fourth-order valence-corrected chi connectivity index (χ4v) is 4.20. The zero-order chi connectivity index (χ0) is 14.4. The summed E-state index contributed by atoms with van der Waals surface area (Å²) in [6, 6.07) is 6.12. The van der Waals surface area contributed by atoms with Crippen LogP contribution in [0.2, 0.25) is 10.0 Å². The number of aliphatic carboxylic acids is 1. The normalized spacial score (nSPS) is 33.4. The van der Waals surface area contributed by atoms with Gasteiger partial charge in [-0.2, -0.15) is 0 Å². The summed E-state index contributed by atoms with van der Waals surface area (Å²) in [4.78, 5) is 14.0. The maximum atomic E-state index is 11.7. The molecular weight excluding hydrogens is 297 g/mol. The average Bonchev–Trinajstić information content (AvgIpc) is 2.63. The first-order valence-electron chi connectivity index (χ1n) is 6.88. The third kappa shape index (κ3) is 2.22. The summed E-state index contributed by atoms with van der Waals surface area (Å²) >= 11 is 12.0. The van der Waals surface area contributed by atoms with E-state index in [1.807, 2.05) is 19.2 Å². The molecular formula is C15H17Cl2NO2. The molecule has 3 rings (SSSR count). The number of benzene rings is 1. The predicted octanol–water partition coefficient (Wildman–Crippen LogP) is 3.64. The van der Waals surface area contributed by atoms with Crippen LogP contribution < -0.4 is 0 Å². The average molecular weight is 314 g/mol. The second-order valence-corrected chi connectivity index (χ2v) is 6.66. The molecule has 0 spiro atoms. The van der Waals surface area contributed by atoms with Crippen molar-refractivity contribution >= 4 is 29.2 Å². The molecule has 2 aliphatic heterocycles. The van der Waals surface area contributed by atoms with Crippen molar-refractivity contribution in [3.8, 4) is 0 Å². The minimum absolute atomic E-state index is 0.0240. The monoisotopic (exact) mass is 313 g/mol. The molecule has 4 atom stereocenters. The van der Waals surface area contributed by atoms with Crippen LogP contribution in [0.3, 0.4) is 0 Å². The van der Waals surface area contributed by atoms with E-state index in [4.69, 9.17) is 23.2 Å². The molecule has 108 valence electrons. The molecule has 1 aromatic rings. The van der Waals surface area contributed by atoms with Crippen LogP contribution in [0, 0.1) is 5.92 Å². The molecule has 0 aromatic heterocycles. The molecule has 1 N–H and O–H groups in total. The molecule has 2 saturated heterocycles. The molecule has 2 aliphatic rings. The minimum Gasteiger partial charge on any atom is -0.481 e. The van der Waals surface area contributed by atoms with Crippen LogP contribution in [0.5, 0.6) is 0 Å². The van der Waals surface area contributed by atoms with E-state index in [0.29, 0.717) is 16.1 Å². The Morgan fingerprint density at radius 3 is 2.70 bits per heavy atom. The van der Waals surface area contributed by atoms with Crippen molar-refractivity contribution in [1.82, 2.24) is 4.90 Å². The summed E-state index contributed by atoms with van der Waals surface area (Å²) in [5.74, 6) is -1.05. The highest BCUT2D eigenvalue weighted by molar-refractivity contribution is 6.42. The second-order valence-electron chi connectivity index (χ2n) is 5.84. The third-order valence-corrected chi connectivity index (χ3v) is 5.66. The number of nitrogens with zero attached hydrogens (tertiary/aromatic N) is 1. The molecule has 0 saturated carbocycles. The summed E-state index contributed by atoms with van der Waals surface area (Å²) in [6.07, 6.45) is 2.93. The van der Waals surface area contributed by atoms with Crippen LogP contribution in [0.1, 0.15) is 30.7 Å². The molecule has 0 radical (unpaired) electrons. The van der Waals surface area contributed by atoms with E-state index in [1.54, 1.807) is 6.07 Å². The predicted molar refractivity (Wildman–Crippen MR) is 79.5 cm³/mol. The van der Waals surface area contributed by atoms with E-state index in [0.717, 1.165) is 24.8 Å². The lowest BCUT2D eigenvalue weighted by atomic mass is 9.76. The van der Waals surface area contributed by atoms with Crippen molar-refractivity contribution in [3.63, 3.8) is 0 Å². The Morgan fingerprint density at radius 1 is 1.30 bits per heavy atom. The second kappa shape index (κ2) is 5.21. The lowest BCUT2D eigenvalue weighted by molar-refractivity contribution is -0.146. The van der Waals surface area contributed by atoms with Crippen molar-refractivity contribution in [1.29, 1.82) is 0 Å². The van der Waals surface area contributed by atoms with E-state index < -0.39 is 5.97 Å². The highest BCUT2D eigenvalue weighted by Gasteiger charge is 2.49. The molecule has 0 aliphatic carbocycles. The van der Waals surface area contributed by atoms with Gasteiger partial charge in [0.1, 0.15) is 0 Å². The van der Waals surface area contributed by atoms with Crippen molar-refractivity contribution in [3.05, 3.63) is 33.8 Å². The van der Waals surface area contributed by atoms with Gasteiger partial charge in [0.2, 0.25) is 0 Å². The Balaban J connectivity index is 1.98. The first-order chi connectivity index (χ1) is 9.49. The summed E-state index contributed by atoms with van der Waals surface area (Å²) < 4.78 is 0. The Morgan fingerprint density at radius 2 is 2.05 bits per heavy atom. The van der Waals surface area contributed by atoms with Gasteiger partial charge in [0, 0.05) is 18.0 Å². The molecule has 2 heterocycles. The van der Waals surface area contributed by atoms with Gasteiger partial charge in [-0.3, -0.25) is 9.69 Å². The number of carboxylic acid groups (broad SMARTS) is 1. The van der Waals surface area contributed by atoms with Crippen LogP contribution in [0.15, 0.2) is 18.2 Å². The topological polar surface area (TPSA) is 40.5 Å². The van der Waals surface area contributed by atoms with Gasteiger partial charge in [-0.15, -0.1) is 0 Å². The summed E-state index contributed by atoms with van der Waals surface area (Å²) in [6.45, 7) is 0. The van der Waals surface area contributed by atoms with Crippen molar-refractivity contribution < 1.29 is 9.90 Å². The van der Waals surface area contributed by atoms with E-state index >= 15 is 0 Å². The van der Waals surface area contributed by atoms with E-state index in [-0.39, 0.29) is 17.9 Å². The van der Waals surface area contributed by atoms with Gasteiger partial charge in [-0.25, -0.2) is 0 Å². The zero-order valence-electron chi connectivity index (χ0n) is 11.2. The van der Waals surface area contributed by atoms with Crippen LogP contribution in [0.25, 0.3) is 0 Å².